The monoisotopic (exact) mass is 193 g/mol. The van der Waals surface area contributed by atoms with E-state index in [0.29, 0.717) is 16.9 Å². The third-order valence-corrected chi connectivity index (χ3v) is 3.97. The minimum Gasteiger partial charge on any atom is -0.224 e. The average Bonchev–Trinajstić information content (AvgIpc) is 2.42. The highest BCUT2D eigenvalue weighted by Crippen LogP contribution is 2.26. The zero-order valence-corrected chi connectivity index (χ0v) is 7.63. The smallest absolute Gasteiger partial charge is 0.178 e. The van der Waals surface area contributed by atoms with E-state index in [9.17, 15) is 8.42 Å². The summed E-state index contributed by atoms with van der Waals surface area (Å²) in [6.07, 6.45) is 0.535. The second-order valence-electron chi connectivity index (χ2n) is 3.00. The van der Waals surface area contributed by atoms with Crippen molar-refractivity contribution >= 4 is 9.84 Å². The topological polar surface area (TPSA) is 57.9 Å². The molecular formula is C9H7NO2S. The molecule has 0 unspecified atom stereocenters. The highest BCUT2D eigenvalue weighted by atomic mass is 32.2. The molecule has 0 spiro atoms. The lowest BCUT2D eigenvalue weighted by atomic mass is 10.1. The van der Waals surface area contributed by atoms with Crippen LogP contribution in [0.3, 0.4) is 0 Å². The Morgan fingerprint density at radius 3 is 2.85 bits per heavy atom. The zero-order valence-electron chi connectivity index (χ0n) is 6.82. The lowest BCUT2D eigenvalue weighted by Crippen LogP contribution is -1.98. The van der Waals surface area contributed by atoms with Crippen molar-refractivity contribution in [1.82, 2.24) is 0 Å². The highest BCUT2D eigenvalue weighted by Gasteiger charge is 2.25. The zero-order chi connectivity index (χ0) is 9.47. The Bertz CT molecular complexity index is 497. The van der Waals surface area contributed by atoms with E-state index in [1.165, 1.54) is 6.07 Å². The van der Waals surface area contributed by atoms with Crippen molar-refractivity contribution < 1.29 is 8.42 Å². The van der Waals surface area contributed by atoms with E-state index < -0.39 is 9.84 Å². The van der Waals surface area contributed by atoms with Gasteiger partial charge in [0.15, 0.2) is 9.84 Å². The fourth-order valence-corrected chi connectivity index (χ4v) is 3.05. The lowest BCUT2D eigenvalue weighted by molar-refractivity contribution is 0.600. The molecule has 0 aliphatic carbocycles. The number of nitrogens with zero attached hydrogens (tertiary/aromatic N) is 1. The van der Waals surface area contributed by atoms with Crippen LogP contribution >= 0.6 is 0 Å². The van der Waals surface area contributed by atoms with Gasteiger partial charge < -0.3 is 0 Å². The molecule has 1 aliphatic rings. The summed E-state index contributed by atoms with van der Waals surface area (Å²) < 4.78 is 22.7. The third-order valence-electron chi connectivity index (χ3n) is 2.16. The quantitative estimate of drug-likeness (QED) is 0.614. The molecule has 13 heavy (non-hydrogen) atoms. The van der Waals surface area contributed by atoms with Gasteiger partial charge in [-0.2, -0.15) is 5.26 Å². The Hall–Kier alpha value is -1.34. The number of fused-ring (bicyclic) bond motifs is 1. The number of benzene rings is 1. The Morgan fingerprint density at radius 2 is 2.15 bits per heavy atom. The van der Waals surface area contributed by atoms with E-state index in [1.54, 1.807) is 12.1 Å². The van der Waals surface area contributed by atoms with Gasteiger partial charge in [-0.25, -0.2) is 8.42 Å². The number of hydrogen-bond acceptors (Lipinski definition) is 3. The Balaban J connectivity index is 2.67. The summed E-state index contributed by atoms with van der Waals surface area (Å²) in [6.45, 7) is 0. The molecule has 0 aromatic heterocycles. The molecule has 3 nitrogen and oxygen atoms in total. The second kappa shape index (κ2) is 2.57. The van der Waals surface area contributed by atoms with Crippen LogP contribution in [0.25, 0.3) is 0 Å². The van der Waals surface area contributed by atoms with E-state index in [4.69, 9.17) is 5.26 Å². The maximum absolute atomic E-state index is 11.4. The standard InChI is InChI=1S/C9H7NO2S/c10-6-7-1-2-9-8(5-7)3-4-13(9,11)12/h1-2,5H,3-4H2. The summed E-state index contributed by atoms with van der Waals surface area (Å²) in [5.41, 5.74) is 1.30. The van der Waals surface area contributed by atoms with Gasteiger partial charge in [0, 0.05) is 0 Å². The van der Waals surface area contributed by atoms with Gasteiger partial charge in [-0.05, 0) is 30.2 Å². The molecule has 1 aliphatic heterocycles. The predicted molar refractivity (Wildman–Crippen MR) is 46.9 cm³/mol. The Morgan fingerprint density at radius 1 is 1.38 bits per heavy atom. The van der Waals surface area contributed by atoms with Gasteiger partial charge in [0.25, 0.3) is 0 Å². The summed E-state index contributed by atoms with van der Waals surface area (Å²) in [5.74, 6) is 0.178. The lowest BCUT2D eigenvalue weighted by Gasteiger charge is -1.96. The normalized spacial score (nSPS) is 17.8. The van der Waals surface area contributed by atoms with Gasteiger partial charge in [-0.1, -0.05) is 0 Å². The number of nitriles is 1. The SMILES string of the molecule is N#Cc1ccc2c(c1)CCS2(=O)=O. The van der Waals surface area contributed by atoms with Crippen molar-refractivity contribution in [2.75, 3.05) is 5.75 Å². The van der Waals surface area contributed by atoms with E-state index in [0.717, 1.165) is 5.56 Å². The van der Waals surface area contributed by atoms with Gasteiger partial charge in [0.05, 0.1) is 22.3 Å². The first-order valence-electron chi connectivity index (χ1n) is 3.89. The third kappa shape index (κ3) is 1.21. The molecule has 0 saturated carbocycles. The van der Waals surface area contributed by atoms with Crippen LogP contribution in [0.5, 0.6) is 0 Å². The van der Waals surface area contributed by atoms with Crippen molar-refractivity contribution in [3.8, 4) is 6.07 Å². The summed E-state index contributed by atoms with van der Waals surface area (Å²) in [4.78, 5) is 0.395. The first-order valence-corrected chi connectivity index (χ1v) is 5.54. The maximum atomic E-state index is 11.4. The minimum atomic E-state index is -3.04. The highest BCUT2D eigenvalue weighted by molar-refractivity contribution is 7.91. The van der Waals surface area contributed by atoms with Crippen molar-refractivity contribution in [2.45, 2.75) is 11.3 Å². The van der Waals surface area contributed by atoms with Gasteiger partial charge >= 0.3 is 0 Å². The Kier molecular flexibility index (Phi) is 1.64. The molecule has 0 atom stereocenters. The van der Waals surface area contributed by atoms with Crippen LogP contribution < -0.4 is 0 Å². The molecule has 0 bridgehead atoms. The van der Waals surface area contributed by atoms with Crippen molar-refractivity contribution in [1.29, 1.82) is 5.26 Å². The van der Waals surface area contributed by atoms with E-state index >= 15 is 0 Å². The number of rotatable bonds is 0. The molecule has 0 amide bonds. The van der Waals surface area contributed by atoms with Crippen LogP contribution in [-0.4, -0.2) is 14.2 Å². The van der Waals surface area contributed by atoms with Crippen molar-refractivity contribution in [3.05, 3.63) is 29.3 Å². The summed E-state index contributed by atoms with van der Waals surface area (Å²) in [6, 6.07) is 6.71. The van der Waals surface area contributed by atoms with Crippen LogP contribution in [0, 0.1) is 11.3 Å². The fourth-order valence-electron chi connectivity index (χ4n) is 1.50. The van der Waals surface area contributed by atoms with E-state index in [2.05, 4.69) is 0 Å². The molecule has 4 heteroatoms. The predicted octanol–water partition coefficient (Wildman–Crippen LogP) is 0.888. The van der Waals surface area contributed by atoms with Crippen LogP contribution in [0.2, 0.25) is 0 Å². The molecule has 0 N–H and O–H groups in total. The molecule has 66 valence electrons. The summed E-state index contributed by atoms with van der Waals surface area (Å²) >= 11 is 0. The molecule has 1 aromatic rings. The molecule has 0 fully saturated rings. The van der Waals surface area contributed by atoms with Crippen molar-refractivity contribution in [2.24, 2.45) is 0 Å². The Labute approximate surface area is 76.5 Å². The van der Waals surface area contributed by atoms with Gasteiger partial charge in [-0.15, -0.1) is 0 Å². The average molecular weight is 193 g/mol. The summed E-state index contributed by atoms with van der Waals surface area (Å²) in [7, 11) is -3.04. The minimum absolute atomic E-state index is 0.178. The molecule has 1 aromatic carbocycles. The van der Waals surface area contributed by atoms with Crippen LogP contribution in [-0.2, 0) is 16.3 Å². The van der Waals surface area contributed by atoms with E-state index in [-0.39, 0.29) is 5.75 Å². The van der Waals surface area contributed by atoms with Gasteiger partial charge in [-0.3, -0.25) is 0 Å². The maximum Gasteiger partial charge on any atom is 0.178 e. The number of aryl methyl sites for hydroxylation is 1. The van der Waals surface area contributed by atoms with Crippen molar-refractivity contribution in [3.63, 3.8) is 0 Å². The number of sulfone groups is 1. The second-order valence-corrected chi connectivity index (χ2v) is 5.08. The molecule has 2 rings (SSSR count). The van der Waals surface area contributed by atoms with E-state index in [1.807, 2.05) is 6.07 Å². The van der Waals surface area contributed by atoms with Crippen LogP contribution in [0.1, 0.15) is 11.1 Å². The van der Waals surface area contributed by atoms with Crippen LogP contribution in [0.4, 0.5) is 0 Å². The molecule has 0 saturated heterocycles. The largest absolute Gasteiger partial charge is 0.224 e. The van der Waals surface area contributed by atoms with Gasteiger partial charge in [0.2, 0.25) is 0 Å². The van der Waals surface area contributed by atoms with Crippen LogP contribution in [0.15, 0.2) is 23.1 Å². The molecule has 1 heterocycles. The number of hydrogen-bond donors (Lipinski definition) is 0. The fraction of sp³-hybridized carbons (Fsp3) is 0.222. The molecular weight excluding hydrogens is 186 g/mol. The van der Waals surface area contributed by atoms with Gasteiger partial charge in [0.1, 0.15) is 0 Å². The first kappa shape index (κ1) is 8.27. The molecule has 0 radical (unpaired) electrons. The first-order chi connectivity index (χ1) is 6.13. The summed E-state index contributed by atoms with van der Waals surface area (Å²) in [5, 5.41) is 8.60.